The van der Waals surface area contributed by atoms with Crippen molar-refractivity contribution in [3.05, 3.63) is 0 Å². The van der Waals surface area contributed by atoms with Gasteiger partial charge in [-0.2, -0.15) is 0 Å². The van der Waals surface area contributed by atoms with Crippen LogP contribution in [0.2, 0.25) is 0 Å². The van der Waals surface area contributed by atoms with Crippen molar-refractivity contribution in [2.45, 2.75) is 98.0 Å². The fourth-order valence-electron chi connectivity index (χ4n) is 4.20. The Hall–Kier alpha value is -0.120. The fourth-order valence-corrected chi connectivity index (χ4v) is 4.20. The number of rotatable bonds is 6. The first-order chi connectivity index (χ1) is 10.8. The molecular formula is C20H39NO2. The molecule has 3 heteroatoms. The van der Waals surface area contributed by atoms with Crippen molar-refractivity contribution in [3.8, 4) is 0 Å². The van der Waals surface area contributed by atoms with Gasteiger partial charge in [0.25, 0.3) is 0 Å². The van der Waals surface area contributed by atoms with Crippen LogP contribution in [0.3, 0.4) is 0 Å². The lowest BCUT2D eigenvalue weighted by molar-refractivity contribution is -0.197. The van der Waals surface area contributed by atoms with E-state index < -0.39 is 0 Å². The van der Waals surface area contributed by atoms with Crippen LogP contribution < -0.4 is 0 Å². The Kier molecular flexibility index (Phi) is 6.55. The van der Waals surface area contributed by atoms with E-state index in [1.807, 2.05) is 0 Å². The van der Waals surface area contributed by atoms with Crippen LogP contribution in [0.15, 0.2) is 0 Å². The van der Waals surface area contributed by atoms with Crippen LogP contribution in [0.4, 0.5) is 0 Å². The van der Waals surface area contributed by atoms with Gasteiger partial charge in [-0.15, -0.1) is 0 Å². The van der Waals surface area contributed by atoms with Crippen LogP contribution in [-0.4, -0.2) is 42.5 Å². The van der Waals surface area contributed by atoms with Gasteiger partial charge in [-0.25, -0.2) is 0 Å². The first-order valence-electron chi connectivity index (χ1n) is 9.85. The third-order valence-corrected chi connectivity index (χ3v) is 6.24. The third-order valence-electron chi connectivity index (χ3n) is 6.24. The maximum atomic E-state index is 6.41. The minimum atomic E-state index is -0.250. The van der Waals surface area contributed by atoms with Gasteiger partial charge in [0.1, 0.15) is 0 Å². The predicted molar refractivity (Wildman–Crippen MR) is 96.6 cm³/mol. The van der Waals surface area contributed by atoms with Crippen molar-refractivity contribution in [2.24, 2.45) is 11.3 Å². The SMILES string of the molecule is CCC(C)N(CC)CCC1COC2(CCC(C(C)(C)C)CC2)O1. The monoisotopic (exact) mass is 325 g/mol. The molecule has 0 amide bonds. The van der Waals surface area contributed by atoms with Crippen molar-refractivity contribution >= 4 is 0 Å². The molecule has 2 rings (SSSR count). The van der Waals surface area contributed by atoms with Gasteiger partial charge in [0.05, 0.1) is 12.7 Å². The molecule has 0 aromatic rings. The lowest BCUT2D eigenvalue weighted by Crippen LogP contribution is -2.39. The molecular weight excluding hydrogens is 286 g/mol. The molecule has 1 saturated heterocycles. The zero-order chi connectivity index (χ0) is 17.1. The minimum Gasteiger partial charge on any atom is -0.347 e. The largest absolute Gasteiger partial charge is 0.347 e. The van der Waals surface area contributed by atoms with Crippen LogP contribution in [0.1, 0.15) is 80.1 Å². The fraction of sp³-hybridized carbons (Fsp3) is 1.00. The summed E-state index contributed by atoms with van der Waals surface area (Å²) in [5.74, 6) is 0.556. The summed E-state index contributed by atoms with van der Waals surface area (Å²) in [6, 6.07) is 0.665. The lowest BCUT2D eigenvalue weighted by Gasteiger charge is -2.41. The van der Waals surface area contributed by atoms with Gasteiger partial charge in [0, 0.05) is 25.4 Å². The Morgan fingerprint density at radius 3 is 2.35 bits per heavy atom. The number of hydrogen-bond acceptors (Lipinski definition) is 3. The quantitative estimate of drug-likeness (QED) is 0.697. The summed E-state index contributed by atoms with van der Waals surface area (Å²) < 4.78 is 12.6. The summed E-state index contributed by atoms with van der Waals surface area (Å²) >= 11 is 0. The number of hydrogen-bond donors (Lipinski definition) is 0. The Labute approximate surface area is 144 Å². The Morgan fingerprint density at radius 1 is 1.17 bits per heavy atom. The highest BCUT2D eigenvalue weighted by Crippen LogP contribution is 2.45. The van der Waals surface area contributed by atoms with Gasteiger partial charge in [0.2, 0.25) is 0 Å². The summed E-state index contributed by atoms with van der Waals surface area (Å²) in [5.41, 5.74) is 0.414. The summed E-state index contributed by atoms with van der Waals surface area (Å²) in [6.07, 6.45) is 7.24. The second-order valence-electron chi connectivity index (χ2n) is 8.78. The molecule has 2 atom stereocenters. The van der Waals surface area contributed by atoms with Gasteiger partial charge in [-0.05, 0) is 50.5 Å². The molecule has 136 valence electrons. The van der Waals surface area contributed by atoms with Crippen molar-refractivity contribution < 1.29 is 9.47 Å². The summed E-state index contributed by atoms with van der Waals surface area (Å²) in [5, 5.41) is 0. The lowest BCUT2D eigenvalue weighted by atomic mass is 9.71. The molecule has 1 spiro atoms. The van der Waals surface area contributed by atoms with Crippen molar-refractivity contribution in [2.75, 3.05) is 19.7 Å². The highest BCUT2D eigenvalue weighted by atomic mass is 16.7. The van der Waals surface area contributed by atoms with E-state index in [0.29, 0.717) is 17.6 Å². The topological polar surface area (TPSA) is 21.7 Å². The zero-order valence-electron chi connectivity index (χ0n) is 16.4. The van der Waals surface area contributed by atoms with Crippen LogP contribution >= 0.6 is 0 Å². The standard InChI is InChI=1S/C20H39NO2/c1-7-16(3)21(8-2)14-11-18-15-22-20(23-18)12-9-17(10-13-20)19(4,5)6/h16-18H,7-15H2,1-6H3. The van der Waals surface area contributed by atoms with Gasteiger partial charge in [-0.1, -0.05) is 34.6 Å². The van der Waals surface area contributed by atoms with E-state index in [9.17, 15) is 0 Å². The summed E-state index contributed by atoms with van der Waals surface area (Å²) in [4.78, 5) is 2.56. The molecule has 0 bridgehead atoms. The Morgan fingerprint density at radius 2 is 1.83 bits per heavy atom. The second kappa shape index (κ2) is 7.84. The van der Waals surface area contributed by atoms with E-state index in [1.165, 1.54) is 19.3 Å². The first-order valence-corrected chi connectivity index (χ1v) is 9.85. The third kappa shape index (κ3) is 4.93. The maximum absolute atomic E-state index is 6.41. The average molecular weight is 326 g/mol. The van der Waals surface area contributed by atoms with Crippen molar-refractivity contribution in [3.63, 3.8) is 0 Å². The Balaban J connectivity index is 1.78. The van der Waals surface area contributed by atoms with E-state index >= 15 is 0 Å². The molecule has 0 N–H and O–H groups in total. The Bertz CT molecular complexity index is 355. The highest BCUT2D eigenvalue weighted by Gasteiger charge is 2.45. The van der Waals surface area contributed by atoms with Crippen molar-refractivity contribution in [1.82, 2.24) is 4.90 Å². The molecule has 2 unspecified atom stereocenters. The molecule has 0 aromatic carbocycles. The van der Waals surface area contributed by atoms with E-state index in [4.69, 9.17) is 9.47 Å². The maximum Gasteiger partial charge on any atom is 0.168 e. The summed E-state index contributed by atoms with van der Waals surface area (Å²) in [7, 11) is 0. The highest BCUT2D eigenvalue weighted by molar-refractivity contribution is 4.89. The number of ether oxygens (including phenoxy) is 2. The molecule has 1 saturated carbocycles. The van der Waals surface area contributed by atoms with E-state index in [2.05, 4.69) is 46.4 Å². The van der Waals surface area contributed by atoms with Crippen LogP contribution in [-0.2, 0) is 9.47 Å². The molecule has 1 aliphatic heterocycles. The second-order valence-corrected chi connectivity index (χ2v) is 8.78. The number of nitrogens with zero attached hydrogens (tertiary/aromatic N) is 1. The van der Waals surface area contributed by atoms with Gasteiger partial charge in [0.15, 0.2) is 5.79 Å². The molecule has 0 radical (unpaired) electrons. The van der Waals surface area contributed by atoms with Gasteiger partial charge < -0.3 is 14.4 Å². The van der Waals surface area contributed by atoms with Gasteiger partial charge >= 0.3 is 0 Å². The van der Waals surface area contributed by atoms with E-state index in [0.717, 1.165) is 44.9 Å². The van der Waals surface area contributed by atoms with Gasteiger partial charge in [-0.3, -0.25) is 0 Å². The minimum absolute atomic E-state index is 0.250. The molecule has 3 nitrogen and oxygen atoms in total. The average Bonchev–Trinajstić information content (AvgIpc) is 2.90. The van der Waals surface area contributed by atoms with Crippen LogP contribution in [0.25, 0.3) is 0 Å². The first kappa shape index (κ1) is 19.2. The molecule has 23 heavy (non-hydrogen) atoms. The van der Waals surface area contributed by atoms with E-state index in [-0.39, 0.29) is 5.79 Å². The normalized spacial score (nSPS) is 33.5. The molecule has 0 aromatic heterocycles. The molecule has 2 fully saturated rings. The predicted octanol–water partition coefficient (Wildman–Crippen LogP) is 4.84. The molecule has 2 aliphatic rings. The smallest absolute Gasteiger partial charge is 0.168 e. The van der Waals surface area contributed by atoms with Crippen LogP contribution in [0, 0.1) is 11.3 Å². The molecule has 1 heterocycles. The zero-order valence-corrected chi connectivity index (χ0v) is 16.4. The molecule has 1 aliphatic carbocycles. The van der Waals surface area contributed by atoms with Crippen molar-refractivity contribution in [1.29, 1.82) is 0 Å². The van der Waals surface area contributed by atoms with E-state index in [1.54, 1.807) is 0 Å². The summed E-state index contributed by atoms with van der Waals surface area (Å²) in [6.45, 7) is 17.0. The van der Waals surface area contributed by atoms with Crippen LogP contribution in [0.5, 0.6) is 0 Å².